The molecule has 0 aliphatic carbocycles. The lowest BCUT2D eigenvalue weighted by molar-refractivity contribution is -0.163. The second-order valence-electron chi connectivity index (χ2n) is 23.0. The summed E-state index contributed by atoms with van der Waals surface area (Å²) in [6.45, 7) is 18.4. The highest BCUT2D eigenvalue weighted by atomic mass is 16.6. The van der Waals surface area contributed by atoms with Crippen molar-refractivity contribution >= 4 is 59.1 Å². The molecule has 79 heavy (non-hydrogen) atoms. The Kier molecular flexibility index (Phi) is 24.3. The summed E-state index contributed by atoms with van der Waals surface area (Å²) >= 11 is 0. The van der Waals surface area contributed by atoms with Gasteiger partial charge in [0.25, 0.3) is 5.91 Å². The summed E-state index contributed by atoms with van der Waals surface area (Å²) in [5.41, 5.74) is 0.571. The number of carbonyl (C=O) groups is 10. The highest BCUT2D eigenvalue weighted by Gasteiger charge is 2.46. The maximum absolute atomic E-state index is 15.0. The van der Waals surface area contributed by atoms with Gasteiger partial charge in [-0.2, -0.15) is 0 Å². The summed E-state index contributed by atoms with van der Waals surface area (Å²) in [5, 5.41) is 30.2. The Morgan fingerprint density at radius 3 is 2.06 bits per heavy atom. The van der Waals surface area contributed by atoms with Crippen LogP contribution in [0.15, 0.2) is 24.3 Å². The minimum atomic E-state index is -1.76. The smallest absolute Gasteiger partial charge is 0.329 e. The molecule has 3 aliphatic rings. The summed E-state index contributed by atoms with van der Waals surface area (Å²) < 4.78 is 17.2. The lowest BCUT2D eigenvalue weighted by Gasteiger charge is -2.36. The van der Waals surface area contributed by atoms with Crippen LogP contribution in [0.25, 0.3) is 0 Å². The van der Waals surface area contributed by atoms with Gasteiger partial charge < -0.3 is 60.0 Å². The van der Waals surface area contributed by atoms with E-state index in [-0.39, 0.29) is 57.0 Å². The van der Waals surface area contributed by atoms with Crippen LogP contribution in [0.3, 0.4) is 0 Å². The van der Waals surface area contributed by atoms with Gasteiger partial charge >= 0.3 is 11.9 Å². The van der Waals surface area contributed by atoms with Crippen LogP contribution in [0.5, 0.6) is 5.75 Å². The van der Waals surface area contributed by atoms with Gasteiger partial charge in [-0.1, -0.05) is 73.9 Å². The Balaban J connectivity index is 1.89. The maximum atomic E-state index is 15.0. The van der Waals surface area contributed by atoms with Gasteiger partial charge in [-0.15, -0.1) is 0 Å². The van der Waals surface area contributed by atoms with Crippen molar-refractivity contribution < 1.29 is 72.4 Å². The molecular formula is C57H89N7O15. The van der Waals surface area contributed by atoms with E-state index in [2.05, 4.69) is 16.0 Å². The second-order valence-corrected chi connectivity index (χ2v) is 23.0. The summed E-state index contributed by atoms with van der Waals surface area (Å²) in [4.78, 5) is 149. The summed E-state index contributed by atoms with van der Waals surface area (Å²) in [5.74, 6) is -10.3. The molecule has 13 atom stereocenters. The SMILES string of the molecule is CC[C@H](C)[C@H]1NC(=O)C(NC(=O)[C@@H](CC(C)C)N(C)C(=O)[C@@H]2CCCN2C(=O)[C@H](C)O)[C@@H](C)OC(=O)[C@H](Cc2ccc(OC)cc2)N(C)C(=O)[C@@H]2CCCN2C(=O)[C@H](CC(C)C)NC(=O)[C@@H](C)C(=O)[C@H](C(C)C)OC(=O)C[C@@H]1O. The molecule has 3 aliphatic heterocycles. The standard InChI is InChI=1S/C57H89N7O15/c1-15-33(8)46-44(66)29-45(67)79-49(32(6)7)48(68)34(9)50(69)58-39(26-30(2)3)54(73)64-25-17-19-41(64)56(75)62(13)43(28-37-20-22-38(77-14)23-21-37)57(76)78-36(11)47(52(71)59-46)60-51(70)42(27-31(4)5)61(12)55(74)40-18-16-24-63(40)53(72)35(10)65/h20-23,30-36,39-44,46-47,49,65-66H,15-19,24-29H2,1-14H3,(H,58,69)(H,59,71)(H,60,70)/t33-,34-,35-,36+,39-,40-,41-,42+,43-,44-,46+,47?,49-/m0/s1. The topological polar surface area (TPSA) is 288 Å². The Hall–Kier alpha value is -6.16. The number of ketones is 1. The fourth-order valence-corrected chi connectivity index (χ4v) is 10.5. The Morgan fingerprint density at radius 2 is 1.49 bits per heavy atom. The van der Waals surface area contributed by atoms with Crippen LogP contribution >= 0.6 is 0 Å². The molecule has 22 heteroatoms. The molecule has 1 aromatic rings. The minimum absolute atomic E-state index is 0.0720. The molecule has 0 radical (unpaired) electrons. The molecule has 0 aromatic heterocycles. The largest absolute Gasteiger partial charge is 0.497 e. The number of likely N-dealkylation sites (N-methyl/N-ethyl adjacent to an activating group) is 2. The number of ether oxygens (including phenoxy) is 3. The van der Waals surface area contributed by atoms with E-state index in [0.717, 1.165) is 0 Å². The Bertz CT molecular complexity index is 2330. The van der Waals surface area contributed by atoms with E-state index in [1.165, 1.54) is 61.6 Å². The van der Waals surface area contributed by atoms with Gasteiger partial charge in [0, 0.05) is 33.6 Å². The first-order valence-corrected chi connectivity index (χ1v) is 28.0. The molecule has 1 aromatic carbocycles. The molecule has 3 saturated heterocycles. The number of nitrogens with zero attached hydrogens (tertiary/aromatic N) is 4. The summed E-state index contributed by atoms with van der Waals surface area (Å²) in [7, 11) is 4.29. The molecule has 7 amide bonds. The second kappa shape index (κ2) is 29.3. The molecule has 0 saturated carbocycles. The lowest BCUT2D eigenvalue weighted by atomic mass is 9.91. The van der Waals surface area contributed by atoms with Crippen molar-refractivity contribution in [3.05, 3.63) is 29.8 Å². The Labute approximate surface area is 465 Å². The number of esters is 2. The molecule has 4 rings (SSSR count). The highest BCUT2D eigenvalue weighted by molar-refractivity contribution is 6.05. The predicted octanol–water partition coefficient (Wildman–Crippen LogP) is 2.32. The fourth-order valence-electron chi connectivity index (χ4n) is 10.5. The van der Waals surface area contributed by atoms with Crippen LogP contribution in [0, 0.1) is 29.6 Å². The number of cyclic esters (lactones) is 2. The van der Waals surface area contributed by atoms with Crippen LogP contribution < -0.4 is 20.7 Å². The van der Waals surface area contributed by atoms with Gasteiger partial charge in [-0.25, -0.2) is 4.79 Å². The molecule has 22 nitrogen and oxygen atoms in total. The summed E-state index contributed by atoms with van der Waals surface area (Å²) in [6, 6.07) is -2.19. The zero-order valence-corrected chi connectivity index (χ0v) is 48.8. The van der Waals surface area contributed by atoms with Gasteiger partial charge in [-0.3, -0.25) is 43.2 Å². The third-order valence-electron chi connectivity index (χ3n) is 15.5. The van der Waals surface area contributed by atoms with E-state index >= 15 is 4.79 Å². The van der Waals surface area contributed by atoms with E-state index in [1.807, 2.05) is 27.7 Å². The fraction of sp³-hybridized carbons (Fsp3) is 0.719. The Morgan fingerprint density at radius 1 is 0.861 bits per heavy atom. The zero-order chi connectivity index (χ0) is 59.3. The first-order chi connectivity index (χ1) is 37.0. The molecule has 0 spiro atoms. The van der Waals surface area contributed by atoms with E-state index < -0.39 is 150 Å². The normalized spacial score (nSPS) is 27.7. The van der Waals surface area contributed by atoms with Crippen LogP contribution in [-0.4, -0.2) is 190 Å². The number of likely N-dealkylation sites (tertiary alicyclic amines) is 1. The van der Waals surface area contributed by atoms with Crippen LogP contribution in [0.1, 0.15) is 133 Å². The van der Waals surface area contributed by atoms with Crippen LogP contribution in [0.2, 0.25) is 0 Å². The van der Waals surface area contributed by atoms with Gasteiger partial charge in [0.15, 0.2) is 11.9 Å². The van der Waals surface area contributed by atoms with Crippen molar-refractivity contribution in [3.63, 3.8) is 0 Å². The molecule has 3 heterocycles. The minimum Gasteiger partial charge on any atom is -0.497 e. The van der Waals surface area contributed by atoms with E-state index in [0.29, 0.717) is 30.6 Å². The molecule has 5 N–H and O–H groups in total. The third-order valence-corrected chi connectivity index (χ3v) is 15.5. The number of amides is 7. The lowest BCUT2D eigenvalue weighted by Crippen LogP contribution is -2.62. The maximum Gasteiger partial charge on any atom is 0.329 e. The molecule has 3 fully saturated rings. The number of aliphatic hydroxyl groups is 2. The van der Waals surface area contributed by atoms with E-state index in [1.54, 1.807) is 52.0 Å². The van der Waals surface area contributed by atoms with Crippen molar-refractivity contribution in [3.8, 4) is 5.75 Å². The van der Waals surface area contributed by atoms with Crippen molar-refractivity contribution in [1.82, 2.24) is 35.6 Å². The zero-order valence-electron chi connectivity index (χ0n) is 48.8. The number of methoxy groups -OCH3 is 1. The van der Waals surface area contributed by atoms with Crippen molar-refractivity contribution in [1.29, 1.82) is 0 Å². The third kappa shape index (κ3) is 16.9. The van der Waals surface area contributed by atoms with Crippen LogP contribution in [-0.2, 0) is 63.8 Å². The number of nitrogens with one attached hydrogen (secondary N) is 3. The summed E-state index contributed by atoms with van der Waals surface area (Å²) in [6.07, 6.45) is -4.99. The average Bonchev–Trinajstić information content (AvgIpc) is 4.13. The quantitative estimate of drug-likeness (QED) is 0.124. The highest BCUT2D eigenvalue weighted by Crippen LogP contribution is 2.27. The number of hydrogen-bond acceptors (Lipinski definition) is 15. The van der Waals surface area contributed by atoms with Crippen molar-refractivity contribution in [2.24, 2.45) is 29.6 Å². The van der Waals surface area contributed by atoms with Gasteiger partial charge in [-0.05, 0) is 101 Å². The van der Waals surface area contributed by atoms with Gasteiger partial charge in [0.2, 0.25) is 35.4 Å². The van der Waals surface area contributed by atoms with Gasteiger partial charge in [0.1, 0.15) is 54.2 Å². The van der Waals surface area contributed by atoms with E-state index in [9.17, 15) is 53.4 Å². The first-order valence-electron chi connectivity index (χ1n) is 28.0. The number of hydrogen-bond donors (Lipinski definition) is 5. The molecule has 0 bridgehead atoms. The predicted molar refractivity (Wildman–Crippen MR) is 290 cm³/mol. The average molecular weight is 1110 g/mol. The number of carbonyl (C=O) groups excluding carboxylic acids is 10. The molecule has 1 unspecified atom stereocenters. The first kappa shape index (κ1) is 65.4. The van der Waals surface area contributed by atoms with Gasteiger partial charge in [0.05, 0.1) is 31.6 Å². The monoisotopic (exact) mass is 1110 g/mol. The van der Waals surface area contributed by atoms with Crippen LogP contribution in [0.4, 0.5) is 0 Å². The number of fused-ring (bicyclic) bond motifs is 1. The van der Waals surface area contributed by atoms with Crippen molar-refractivity contribution in [2.75, 3.05) is 34.3 Å². The number of aliphatic hydroxyl groups excluding tert-OH is 2. The number of benzene rings is 1. The van der Waals surface area contributed by atoms with E-state index in [4.69, 9.17) is 14.2 Å². The number of rotatable bonds is 15. The van der Waals surface area contributed by atoms with Crippen molar-refractivity contribution in [2.45, 2.75) is 201 Å². The molecule has 442 valence electrons. The molecular weight excluding hydrogens is 1020 g/mol. The number of Topliss-reactive ketones (excluding diaryl/α,β-unsaturated/α-hetero) is 1.